The molecule has 2 N–H and O–H groups in total. The number of nitrogens with one attached hydrogen (secondary N) is 2. The van der Waals surface area contributed by atoms with Crippen molar-refractivity contribution in [2.45, 2.75) is 6.92 Å². The zero-order chi connectivity index (χ0) is 13.8. The highest BCUT2D eigenvalue weighted by Crippen LogP contribution is 2.28. The zero-order valence-corrected chi connectivity index (χ0v) is 11.7. The van der Waals surface area contributed by atoms with Crippen LogP contribution in [0, 0.1) is 6.92 Å². The van der Waals surface area contributed by atoms with Crippen LogP contribution in [0.2, 0.25) is 5.02 Å². The lowest BCUT2D eigenvalue weighted by Crippen LogP contribution is -2.02. The molecule has 0 bridgehead atoms. The molecule has 0 radical (unpaired) electrons. The van der Waals surface area contributed by atoms with E-state index in [1.165, 1.54) is 0 Å². The fourth-order valence-corrected chi connectivity index (χ4v) is 1.82. The SMILES string of the molecule is CNc1nc(C)cc(Nc2ccc(Cl)c(OC)c2)n1. The van der Waals surface area contributed by atoms with E-state index in [9.17, 15) is 0 Å². The van der Waals surface area contributed by atoms with Gasteiger partial charge in [-0.05, 0) is 19.1 Å². The van der Waals surface area contributed by atoms with Crippen LogP contribution >= 0.6 is 11.6 Å². The van der Waals surface area contributed by atoms with E-state index in [1.807, 2.05) is 25.1 Å². The van der Waals surface area contributed by atoms with E-state index in [1.54, 1.807) is 20.2 Å². The minimum Gasteiger partial charge on any atom is -0.495 e. The summed E-state index contributed by atoms with van der Waals surface area (Å²) < 4.78 is 5.17. The fraction of sp³-hybridized carbons (Fsp3) is 0.231. The van der Waals surface area contributed by atoms with Crippen LogP contribution < -0.4 is 15.4 Å². The van der Waals surface area contributed by atoms with Crippen LogP contribution in [-0.2, 0) is 0 Å². The molecule has 0 saturated carbocycles. The van der Waals surface area contributed by atoms with E-state index in [2.05, 4.69) is 20.6 Å². The van der Waals surface area contributed by atoms with Crippen LogP contribution in [0.25, 0.3) is 0 Å². The molecule has 0 amide bonds. The molecule has 0 aliphatic rings. The van der Waals surface area contributed by atoms with Gasteiger partial charge in [0.05, 0.1) is 12.1 Å². The average Bonchev–Trinajstić information content (AvgIpc) is 2.40. The number of hydrogen-bond acceptors (Lipinski definition) is 5. The number of hydrogen-bond donors (Lipinski definition) is 2. The molecule has 0 atom stereocenters. The van der Waals surface area contributed by atoms with Crippen molar-refractivity contribution < 1.29 is 4.74 Å². The molecule has 6 heteroatoms. The molecular formula is C13H15ClN4O. The van der Waals surface area contributed by atoms with Gasteiger partial charge in [0.1, 0.15) is 11.6 Å². The Bertz CT molecular complexity index is 589. The maximum absolute atomic E-state index is 5.98. The molecule has 0 spiro atoms. The minimum atomic E-state index is 0.572. The number of anilines is 3. The number of methoxy groups -OCH3 is 1. The summed E-state index contributed by atoms with van der Waals surface area (Å²) in [7, 11) is 3.36. The van der Waals surface area contributed by atoms with E-state index in [-0.39, 0.29) is 0 Å². The summed E-state index contributed by atoms with van der Waals surface area (Å²) in [6.07, 6.45) is 0. The first-order valence-corrected chi connectivity index (χ1v) is 6.14. The summed E-state index contributed by atoms with van der Waals surface area (Å²) in [5.74, 6) is 1.90. The molecule has 0 aliphatic heterocycles. The lowest BCUT2D eigenvalue weighted by atomic mass is 10.3. The third-order valence-corrected chi connectivity index (χ3v) is 2.81. The Hall–Kier alpha value is -2.01. The number of benzene rings is 1. The van der Waals surface area contributed by atoms with Crippen molar-refractivity contribution in [3.63, 3.8) is 0 Å². The lowest BCUT2D eigenvalue weighted by molar-refractivity contribution is 0.415. The third-order valence-electron chi connectivity index (χ3n) is 2.50. The van der Waals surface area contributed by atoms with Gasteiger partial charge >= 0.3 is 0 Å². The molecule has 0 saturated heterocycles. The van der Waals surface area contributed by atoms with Crippen LogP contribution in [-0.4, -0.2) is 24.1 Å². The standard InChI is InChI=1S/C13H15ClN4O/c1-8-6-12(18-13(15-2)16-8)17-9-4-5-10(14)11(7-9)19-3/h4-7H,1-3H3,(H2,15,16,17,18). The predicted octanol–water partition coefficient (Wildman–Crippen LogP) is 3.23. The van der Waals surface area contributed by atoms with Crippen LogP contribution in [0.4, 0.5) is 17.5 Å². The molecular weight excluding hydrogens is 264 g/mol. The first-order valence-electron chi connectivity index (χ1n) is 5.76. The lowest BCUT2D eigenvalue weighted by Gasteiger charge is -2.10. The quantitative estimate of drug-likeness (QED) is 0.899. The third kappa shape index (κ3) is 3.26. The Morgan fingerprint density at radius 2 is 2.00 bits per heavy atom. The van der Waals surface area contributed by atoms with Gasteiger partial charge in [-0.15, -0.1) is 0 Å². The van der Waals surface area contributed by atoms with Crippen LogP contribution in [0.5, 0.6) is 5.75 Å². The second kappa shape index (κ2) is 5.75. The molecule has 1 heterocycles. The Labute approximate surface area is 117 Å². The van der Waals surface area contributed by atoms with Crippen LogP contribution in [0.1, 0.15) is 5.69 Å². The van der Waals surface area contributed by atoms with Crippen molar-refractivity contribution in [2.75, 3.05) is 24.8 Å². The van der Waals surface area contributed by atoms with Crippen LogP contribution in [0.3, 0.4) is 0 Å². The van der Waals surface area contributed by atoms with Crippen molar-refractivity contribution in [2.24, 2.45) is 0 Å². The number of halogens is 1. The maximum atomic E-state index is 5.98. The number of rotatable bonds is 4. The molecule has 0 aliphatic carbocycles. The molecule has 0 fully saturated rings. The zero-order valence-electron chi connectivity index (χ0n) is 11.0. The molecule has 5 nitrogen and oxygen atoms in total. The number of aryl methyl sites for hydroxylation is 1. The van der Waals surface area contributed by atoms with Gasteiger partial charge < -0.3 is 15.4 Å². The highest BCUT2D eigenvalue weighted by molar-refractivity contribution is 6.32. The van der Waals surface area contributed by atoms with E-state index in [0.717, 1.165) is 11.4 Å². The Kier molecular flexibility index (Phi) is 4.06. The minimum absolute atomic E-state index is 0.572. The Balaban J connectivity index is 2.28. The van der Waals surface area contributed by atoms with Gasteiger partial charge in [-0.3, -0.25) is 0 Å². The van der Waals surface area contributed by atoms with Crippen molar-refractivity contribution in [1.82, 2.24) is 9.97 Å². The van der Waals surface area contributed by atoms with Gasteiger partial charge in [-0.2, -0.15) is 4.98 Å². The largest absolute Gasteiger partial charge is 0.495 e. The van der Waals surface area contributed by atoms with Crippen molar-refractivity contribution in [3.8, 4) is 5.75 Å². The average molecular weight is 279 g/mol. The van der Waals surface area contributed by atoms with Crippen molar-refractivity contribution in [3.05, 3.63) is 35.0 Å². The molecule has 2 aromatic rings. The highest BCUT2D eigenvalue weighted by Gasteiger charge is 2.04. The maximum Gasteiger partial charge on any atom is 0.224 e. The van der Waals surface area contributed by atoms with E-state index >= 15 is 0 Å². The Morgan fingerprint density at radius 1 is 1.21 bits per heavy atom. The van der Waals surface area contributed by atoms with E-state index in [0.29, 0.717) is 22.5 Å². The van der Waals surface area contributed by atoms with Gasteiger partial charge in [0.15, 0.2) is 0 Å². The number of aromatic nitrogens is 2. The normalized spacial score (nSPS) is 10.1. The van der Waals surface area contributed by atoms with E-state index in [4.69, 9.17) is 16.3 Å². The van der Waals surface area contributed by atoms with Gasteiger partial charge in [0.25, 0.3) is 0 Å². The predicted molar refractivity (Wildman–Crippen MR) is 77.6 cm³/mol. The van der Waals surface area contributed by atoms with Gasteiger partial charge in [0, 0.05) is 30.6 Å². The first-order chi connectivity index (χ1) is 9.12. The molecule has 1 aromatic heterocycles. The molecule has 1 aromatic carbocycles. The first kappa shape index (κ1) is 13.4. The van der Waals surface area contributed by atoms with Crippen LogP contribution in [0.15, 0.2) is 24.3 Å². The summed E-state index contributed by atoms with van der Waals surface area (Å²) in [6, 6.07) is 7.32. The van der Waals surface area contributed by atoms with E-state index < -0.39 is 0 Å². The second-order valence-corrected chi connectivity index (χ2v) is 4.35. The smallest absolute Gasteiger partial charge is 0.224 e. The summed E-state index contributed by atoms with van der Waals surface area (Å²) in [5, 5.41) is 6.68. The van der Waals surface area contributed by atoms with Gasteiger partial charge in [-0.1, -0.05) is 11.6 Å². The van der Waals surface area contributed by atoms with Gasteiger partial charge in [-0.25, -0.2) is 4.98 Å². The molecule has 19 heavy (non-hydrogen) atoms. The second-order valence-electron chi connectivity index (χ2n) is 3.94. The monoisotopic (exact) mass is 278 g/mol. The summed E-state index contributed by atoms with van der Waals surface area (Å²) in [6.45, 7) is 1.91. The fourth-order valence-electron chi connectivity index (χ4n) is 1.63. The molecule has 100 valence electrons. The number of nitrogens with zero attached hydrogens (tertiary/aromatic N) is 2. The topological polar surface area (TPSA) is 59.1 Å². The highest BCUT2D eigenvalue weighted by atomic mass is 35.5. The summed E-state index contributed by atoms with van der Waals surface area (Å²) >= 11 is 5.98. The Morgan fingerprint density at radius 3 is 2.68 bits per heavy atom. The van der Waals surface area contributed by atoms with Gasteiger partial charge in [0.2, 0.25) is 5.95 Å². The summed E-state index contributed by atoms with van der Waals surface area (Å²) in [4.78, 5) is 8.55. The van der Waals surface area contributed by atoms with Crippen molar-refractivity contribution >= 4 is 29.1 Å². The number of ether oxygens (including phenoxy) is 1. The summed E-state index contributed by atoms with van der Waals surface area (Å²) in [5.41, 5.74) is 1.73. The molecule has 0 unspecified atom stereocenters. The molecule has 2 rings (SSSR count). The van der Waals surface area contributed by atoms with Crippen molar-refractivity contribution in [1.29, 1.82) is 0 Å².